The summed E-state index contributed by atoms with van der Waals surface area (Å²) in [7, 11) is 0. The molecule has 0 radical (unpaired) electrons. The van der Waals surface area contributed by atoms with Gasteiger partial charge < -0.3 is 15.6 Å². The molecule has 6 nitrogen and oxygen atoms in total. The Kier molecular flexibility index (Phi) is 2.95. The maximum absolute atomic E-state index is 11.3. The lowest BCUT2D eigenvalue weighted by atomic mass is 9.99. The van der Waals surface area contributed by atoms with E-state index in [9.17, 15) is 4.79 Å². The maximum Gasteiger partial charge on any atom is 0.315 e. The van der Waals surface area contributed by atoms with Crippen LogP contribution in [0.25, 0.3) is 0 Å². The largest absolute Gasteiger partial charge is 0.351 e. The Morgan fingerprint density at radius 3 is 3.17 bits per heavy atom. The number of aliphatic imine (C=N–C) groups is 1. The van der Waals surface area contributed by atoms with E-state index in [4.69, 9.17) is 5.73 Å². The highest BCUT2D eigenvalue weighted by Gasteiger charge is 2.35. The number of likely N-dealkylation sites (tertiary alicyclic amines) is 1. The quantitative estimate of drug-likeness (QED) is 0.638. The van der Waals surface area contributed by atoms with Gasteiger partial charge in [0.05, 0.1) is 11.7 Å². The Labute approximate surface area is 106 Å². The second kappa shape index (κ2) is 4.61. The van der Waals surface area contributed by atoms with Gasteiger partial charge in [0, 0.05) is 32.4 Å². The summed E-state index contributed by atoms with van der Waals surface area (Å²) in [6.45, 7) is 3.27. The molecule has 6 heteroatoms. The third-order valence-electron chi connectivity index (χ3n) is 3.85. The molecule has 0 aromatic rings. The van der Waals surface area contributed by atoms with Gasteiger partial charge in [0.15, 0.2) is 0 Å². The number of hydrogen-bond acceptors (Lipinski definition) is 4. The van der Waals surface area contributed by atoms with E-state index in [1.165, 1.54) is 5.57 Å². The predicted octanol–water partition coefficient (Wildman–Crippen LogP) is 0.0783. The number of piperidine rings is 1. The van der Waals surface area contributed by atoms with Gasteiger partial charge in [-0.25, -0.2) is 10.2 Å². The van der Waals surface area contributed by atoms with Gasteiger partial charge in [0.1, 0.15) is 0 Å². The van der Waals surface area contributed by atoms with E-state index in [0.29, 0.717) is 12.6 Å². The van der Waals surface area contributed by atoms with Crippen molar-refractivity contribution >= 4 is 12.2 Å². The van der Waals surface area contributed by atoms with Crippen molar-refractivity contribution in [1.29, 1.82) is 0 Å². The van der Waals surface area contributed by atoms with Crippen molar-refractivity contribution in [2.24, 2.45) is 10.7 Å². The van der Waals surface area contributed by atoms with Gasteiger partial charge in [-0.05, 0) is 24.8 Å². The third-order valence-corrected chi connectivity index (χ3v) is 3.85. The second-order valence-corrected chi connectivity index (χ2v) is 5.03. The molecule has 3 rings (SSSR count). The number of hydrazine groups is 1. The Hall–Kier alpha value is -1.56. The van der Waals surface area contributed by atoms with Gasteiger partial charge in [-0.3, -0.25) is 4.99 Å². The predicted molar refractivity (Wildman–Crippen MR) is 69.0 cm³/mol. The van der Waals surface area contributed by atoms with Crippen LogP contribution in [0.3, 0.4) is 0 Å². The molecule has 1 unspecified atom stereocenters. The summed E-state index contributed by atoms with van der Waals surface area (Å²) in [6, 6.07) is 0.0166. The fraction of sp³-hybridized carbons (Fsp3) is 0.667. The zero-order chi connectivity index (χ0) is 12.5. The standard InChI is InChI=1S/C12H19N5O/c13-12(18)16-6-3-10-9(8-16)11-7-14-4-1-2-5-17(11)15-10/h7,10,15H,1-6,8H2,(H2,13,18). The van der Waals surface area contributed by atoms with Crippen LogP contribution < -0.4 is 11.2 Å². The molecule has 0 saturated carbocycles. The van der Waals surface area contributed by atoms with Crippen molar-refractivity contribution in [3.8, 4) is 0 Å². The molecule has 1 fully saturated rings. The summed E-state index contributed by atoms with van der Waals surface area (Å²) in [5.74, 6) is 0. The number of nitrogens with two attached hydrogens (primary N) is 1. The van der Waals surface area contributed by atoms with Crippen LogP contribution in [0.15, 0.2) is 16.3 Å². The normalized spacial score (nSPS) is 27.7. The molecule has 3 N–H and O–H groups in total. The van der Waals surface area contributed by atoms with Crippen molar-refractivity contribution < 1.29 is 4.79 Å². The number of primary amides is 1. The van der Waals surface area contributed by atoms with E-state index in [1.54, 1.807) is 4.90 Å². The number of allylic oxidation sites excluding steroid dienone is 1. The number of rotatable bonds is 0. The number of carbonyl (C=O) groups is 1. The first-order valence-electron chi connectivity index (χ1n) is 6.56. The Morgan fingerprint density at radius 2 is 2.33 bits per heavy atom. The highest BCUT2D eigenvalue weighted by Crippen LogP contribution is 2.27. The highest BCUT2D eigenvalue weighted by molar-refractivity contribution is 5.81. The molecule has 0 spiro atoms. The van der Waals surface area contributed by atoms with E-state index in [0.717, 1.165) is 44.6 Å². The maximum atomic E-state index is 11.3. The average Bonchev–Trinajstić information content (AvgIpc) is 2.65. The number of urea groups is 1. The van der Waals surface area contributed by atoms with Gasteiger partial charge >= 0.3 is 6.03 Å². The molecule has 0 aromatic heterocycles. The van der Waals surface area contributed by atoms with Crippen LogP contribution in [0.2, 0.25) is 0 Å². The summed E-state index contributed by atoms with van der Waals surface area (Å²) in [5, 5.41) is 2.19. The molecule has 1 atom stereocenters. The topological polar surface area (TPSA) is 74.0 Å². The molecular formula is C12H19N5O. The fourth-order valence-corrected chi connectivity index (χ4v) is 2.84. The SMILES string of the molecule is NC(=O)N1CCC2NN3CCCCN=CC3=C2C1. The van der Waals surface area contributed by atoms with Gasteiger partial charge in [0.2, 0.25) is 0 Å². The third kappa shape index (κ3) is 1.96. The number of fused-ring (bicyclic) bond motifs is 2. The first-order valence-corrected chi connectivity index (χ1v) is 6.56. The van der Waals surface area contributed by atoms with E-state index >= 15 is 0 Å². The van der Waals surface area contributed by atoms with Crippen LogP contribution >= 0.6 is 0 Å². The van der Waals surface area contributed by atoms with Crippen LogP contribution in [0, 0.1) is 0 Å². The number of nitrogens with zero attached hydrogens (tertiary/aromatic N) is 3. The average molecular weight is 249 g/mol. The number of nitrogens with one attached hydrogen (secondary N) is 1. The molecule has 0 aromatic carbocycles. The lowest BCUT2D eigenvalue weighted by molar-refractivity contribution is 0.194. The number of hydrogen-bond donors (Lipinski definition) is 2. The van der Waals surface area contributed by atoms with Crippen molar-refractivity contribution in [2.45, 2.75) is 25.3 Å². The minimum atomic E-state index is -0.331. The smallest absolute Gasteiger partial charge is 0.315 e. The zero-order valence-electron chi connectivity index (χ0n) is 10.4. The molecule has 18 heavy (non-hydrogen) atoms. The molecule has 0 aliphatic carbocycles. The first kappa shape index (κ1) is 11.5. The number of carbonyl (C=O) groups excluding carboxylic acids is 1. The van der Waals surface area contributed by atoms with Gasteiger partial charge in [0.25, 0.3) is 0 Å². The van der Waals surface area contributed by atoms with Crippen LogP contribution in [-0.2, 0) is 0 Å². The molecule has 3 aliphatic heterocycles. The van der Waals surface area contributed by atoms with Crippen LogP contribution in [-0.4, -0.2) is 54.4 Å². The molecular weight excluding hydrogens is 230 g/mol. The Bertz CT molecular complexity index is 417. The van der Waals surface area contributed by atoms with Crippen molar-refractivity contribution in [1.82, 2.24) is 15.3 Å². The van der Waals surface area contributed by atoms with E-state index in [1.807, 2.05) is 6.21 Å². The molecule has 3 heterocycles. The Morgan fingerprint density at radius 1 is 1.44 bits per heavy atom. The van der Waals surface area contributed by atoms with E-state index in [2.05, 4.69) is 15.4 Å². The molecule has 3 aliphatic rings. The monoisotopic (exact) mass is 249 g/mol. The van der Waals surface area contributed by atoms with Gasteiger partial charge in [-0.15, -0.1) is 0 Å². The summed E-state index contributed by atoms with van der Waals surface area (Å²) >= 11 is 0. The van der Waals surface area contributed by atoms with Crippen molar-refractivity contribution in [2.75, 3.05) is 26.2 Å². The Balaban J connectivity index is 1.88. The molecule has 98 valence electrons. The minimum Gasteiger partial charge on any atom is -0.351 e. The van der Waals surface area contributed by atoms with Crippen LogP contribution in [0.1, 0.15) is 19.3 Å². The summed E-state index contributed by atoms with van der Waals surface area (Å²) in [4.78, 5) is 17.4. The summed E-state index contributed by atoms with van der Waals surface area (Å²) < 4.78 is 0. The minimum absolute atomic E-state index is 0.331. The van der Waals surface area contributed by atoms with E-state index in [-0.39, 0.29) is 6.03 Å². The van der Waals surface area contributed by atoms with Crippen molar-refractivity contribution in [3.63, 3.8) is 0 Å². The first-order chi connectivity index (χ1) is 8.75. The van der Waals surface area contributed by atoms with E-state index < -0.39 is 0 Å². The molecule has 1 saturated heterocycles. The lowest BCUT2D eigenvalue weighted by Gasteiger charge is -2.30. The highest BCUT2D eigenvalue weighted by atomic mass is 16.2. The fourth-order valence-electron chi connectivity index (χ4n) is 2.84. The summed E-state index contributed by atoms with van der Waals surface area (Å²) in [6.07, 6.45) is 5.15. The molecule has 0 bridgehead atoms. The summed E-state index contributed by atoms with van der Waals surface area (Å²) in [5.41, 5.74) is 11.3. The van der Waals surface area contributed by atoms with Gasteiger partial charge in [-0.2, -0.15) is 0 Å². The van der Waals surface area contributed by atoms with Crippen LogP contribution in [0.5, 0.6) is 0 Å². The second-order valence-electron chi connectivity index (χ2n) is 5.03. The van der Waals surface area contributed by atoms with Crippen LogP contribution in [0.4, 0.5) is 4.79 Å². The van der Waals surface area contributed by atoms with Crippen molar-refractivity contribution in [3.05, 3.63) is 11.3 Å². The van der Waals surface area contributed by atoms with Gasteiger partial charge in [-0.1, -0.05) is 0 Å². The molecule has 2 amide bonds. The lowest BCUT2D eigenvalue weighted by Crippen LogP contribution is -2.47. The number of amides is 2. The zero-order valence-corrected chi connectivity index (χ0v) is 10.4.